The van der Waals surface area contributed by atoms with Gasteiger partial charge in [0, 0.05) is 33.7 Å². The van der Waals surface area contributed by atoms with Crippen LogP contribution in [0.1, 0.15) is 32.4 Å². The quantitative estimate of drug-likeness (QED) is 0.424. The molecule has 4 rings (SSSR count). The van der Waals surface area contributed by atoms with Crippen molar-refractivity contribution in [3.8, 4) is 0 Å². The number of hydrogen-bond donors (Lipinski definition) is 1. The molecule has 1 N–H and O–H groups in total. The van der Waals surface area contributed by atoms with E-state index in [1.165, 1.54) is 0 Å². The lowest BCUT2D eigenvalue weighted by atomic mass is 10.1. The number of thioether (sulfide) groups is 1. The van der Waals surface area contributed by atoms with Crippen LogP contribution in [0.4, 0.5) is 0 Å². The number of nitrogens with zero attached hydrogens (tertiary/aromatic N) is 1. The van der Waals surface area contributed by atoms with E-state index >= 15 is 0 Å². The van der Waals surface area contributed by atoms with Crippen molar-refractivity contribution in [3.05, 3.63) is 104 Å². The van der Waals surface area contributed by atoms with Gasteiger partial charge in [-0.25, -0.2) is 0 Å². The van der Waals surface area contributed by atoms with E-state index < -0.39 is 0 Å². The van der Waals surface area contributed by atoms with Gasteiger partial charge in [-0.2, -0.15) is 0 Å². The zero-order chi connectivity index (χ0) is 22.7. The van der Waals surface area contributed by atoms with E-state index in [0.717, 1.165) is 16.7 Å². The molecule has 1 saturated heterocycles. The molecule has 0 radical (unpaired) electrons. The Bertz CT molecular complexity index is 1140. The van der Waals surface area contributed by atoms with Gasteiger partial charge in [-0.05, 0) is 53.1 Å². The topological polar surface area (TPSA) is 49.4 Å². The molecule has 32 heavy (non-hydrogen) atoms. The van der Waals surface area contributed by atoms with Crippen molar-refractivity contribution < 1.29 is 9.59 Å². The number of benzene rings is 3. The van der Waals surface area contributed by atoms with Gasteiger partial charge in [-0.15, -0.1) is 11.8 Å². The lowest BCUT2D eigenvalue weighted by Crippen LogP contribution is -2.27. The second-order valence-electron chi connectivity index (χ2n) is 7.35. The van der Waals surface area contributed by atoms with Gasteiger partial charge in [0.15, 0.2) is 0 Å². The van der Waals surface area contributed by atoms with Crippen LogP contribution < -0.4 is 5.32 Å². The van der Waals surface area contributed by atoms with E-state index in [4.69, 9.17) is 34.8 Å². The molecule has 1 aliphatic rings. The summed E-state index contributed by atoms with van der Waals surface area (Å²) in [6.07, 6.45) is 0. The van der Waals surface area contributed by atoms with Gasteiger partial charge in [-0.1, -0.05) is 65.1 Å². The number of halogens is 3. The fourth-order valence-corrected chi connectivity index (χ4v) is 5.22. The zero-order valence-corrected chi connectivity index (χ0v) is 19.9. The minimum atomic E-state index is -0.198. The number of carbonyl (C=O) groups is 2. The van der Waals surface area contributed by atoms with Crippen LogP contribution in [0.25, 0.3) is 0 Å². The second kappa shape index (κ2) is 10.2. The molecule has 164 valence electrons. The maximum atomic E-state index is 12.6. The number of carbonyl (C=O) groups excluding carboxylic acids is 2. The van der Waals surface area contributed by atoms with Gasteiger partial charge < -0.3 is 10.2 Å². The maximum Gasteiger partial charge on any atom is 0.251 e. The van der Waals surface area contributed by atoms with Crippen molar-refractivity contribution in [3.63, 3.8) is 0 Å². The van der Waals surface area contributed by atoms with Crippen LogP contribution in [-0.2, 0) is 17.9 Å². The molecule has 1 fully saturated rings. The first-order chi connectivity index (χ1) is 15.4. The number of amides is 2. The highest BCUT2D eigenvalue weighted by atomic mass is 35.5. The van der Waals surface area contributed by atoms with Crippen LogP contribution in [0.2, 0.25) is 15.1 Å². The maximum absolute atomic E-state index is 12.6. The molecule has 2 amide bonds. The van der Waals surface area contributed by atoms with Crippen LogP contribution in [0.15, 0.2) is 66.7 Å². The minimum Gasteiger partial charge on any atom is -0.348 e. The number of nitrogens with one attached hydrogen (secondary N) is 1. The molecule has 1 aliphatic heterocycles. The molecule has 0 unspecified atom stereocenters. The largest absolute Gasteiger partial charge is 0.348 e. The predicted molar refractivity (Wildman–Crippen MR) is 131 cm³/mol. The van der Waals surface area contributed by atoms with E-state index in [1.807, 2.05) is 41.3 Å². The Kier molecular flexibility index (Phi) is 7.31. The highest BCUT2D eigenvalue weighted by molar-refractivity contribution is 8.00. The summed E-state index contributed by atoms with van der Waals surface area (Å²) in [4.78, 5) is 26.9. The smallest absolute Gasteiger partial charge is 0.251 e. The molecule has 1 heterocycles. The molecule has 3 aromatic rings. The van der Waals surface area contributed by atoms with Gasteiger partial charge in [0.1, 0.15) is 5.37 Å². The average molecular weight is 506 g/mol. The Morgan fingerprint density at radius 3 is 2.34 bits per heavy atom. The molecule has 0 aromatic heterocycles. The number of rotatable bonds is 6. The number of hydrogen-bond acceptors (Lipinski definition) is 3. The Balaban J connectivity index is 1.42. The summed E-state index contributed by atoms with van der Waals surface area (Å²) >= 11 is 19.6. The first-order valence-corrected chi connectivity index (χ1v) is 12.1. The van der Waals surface area contributed by atoms with Gasteiger partial charge in [0.25, 0.3) is 5.91 Å². The molecule has 0 bridgehead atoms. The lowest BCUT2D eigenvalue weighted by molar-refractivity contribution is -0.128. The Morgan fingerprint density at radius 2 is 1.66 bits per heavy atom. The molecule has 0 aliphatic carbocycles. The van der Waals surface area contributed by atoms with Crippen molar-refractivity contribution in [2.24, 2.45) is 0 Å². The molecule has 0 spiro atoms. The third kappa shape index (κ3) is 5.41. The van der Waals surface area contributed by atoms with E-state index in [0.29, 0.717) is 39.5 Å². The van der Waals surface area contributed by atoms with Gasteiger partial charge >= 0.3 is 0 Å². The highest BCUT2D eigenvalue weighted by Gasteiger charge is 2.32. The predicted octanol–water partition coefficient (Wildman–Crippen LogP) is 6.35. The molecule has 4 nitrogen and oxygen atoms in total. The van der Waals surface area contributed by atoms with Crippen LogP contribution >= 0.6 is 46.6 Å². The third-order valence-corrected chi connectivity index (χ3v) is 7.24. The first kappa shape index (κ1) is 23.0. The van der Waals surface area contributed by atoms with E-state index in [-0.39, 0.29) is 17.2 Å². The van der Waals surface area contributed by atoms with Gasteiger partial charge in [0.2, 0.25) is 5.91 Å². The van der Waals surface area contributed by atoms with Gasteiger partial charge in [-0.3, -0.25) is 9.59 Å². The van der Waals surface area contributed by atoms with Gasteiger partial charge in [0.05, 0.1) is 5.75 Å². The fraction of sp³-hybridized carbons (Fsp3) is 0.167. The third-order valence-electron chi connectivity index (χ3n) is 5.15. The fourth-order valence-electron chi connectivity index (χ4n) is 3.43. The molecular weight excluding hydrogens is 487 g/mol. The summed E-state index contributed by atoms with van der Waals surface area (Å²) in [5.41, 5.74) is 3.33. The highest BCUT2D eigenvalue weighted by Crippen LogP contribution is 2.39. The summed E-state index contributed by atoms with van der Waals surface area (Å²) in [5, 5.41) is 4.50. The van der Waals surface area contributed by atoms with Crippen molar-refractivity contribution in [2.75, 3.05) is 5.75 Å². The summed E-state index contributed by atoms with van der Waals surface area (Å²) in [6, 6.07) is 20.0. The lowest BCUT2D eigenvalue weighted by Gasteiger charge is -2.24. The van der Waals surface area contributed by atoms with E-state index in [9.17, 15) is 9.59 Å². The van der Waals surface area contributed by atoms with Crippen molar-refractivity contribution in [1.29, 1.82) is 0 Å². The summed E-state index contributed by atoms with van der Waals surface area (Å²) in [7, 11) is 0. The zero-order valence-electron chi connectivity index (χ0n) is 16.9. The SMILES string of the molecule is O=C(NCc1ccc(Cl)cc1Cl)c1ccc([C@@H]2SCC(=O)N2Cc2ccc(Cl)cc2)cc1. The van der Waals surface area contributed by atoms with Crippen molar-refractivity contribution in [1.82, 2.24) is 10.2 Å². The summed E-state index contributed by atoms with van der Waals surface area (Å²) < 4.78 is 0. The monoisotopic (exact) mass is 504 g/mol. The second-order valence-corrected chi connectivity index (χ2v) is 9.70. The summed E-state index contributed by atoms with van der Waals surface area (Å²) in [5.74, 6) is 0.329. The normalized spacial score (nSPS) is 15.8. The van der Waals surface area contributed by atoms with Crippen LogP contribution in [0, 0.1) is 0 Å². The molecule has 1 atom stereocenters. The first-order valence-electron chi connectivity index (χ1n) is 9.88. The Labute approximate surface area is 205 Å². The minimum absolute atomic E-state index is 0.0941. The molecular formula is C24H19Cl3N2O2S. The Morgan fingerprint density at radius 1 is 0.969 bits per heavy atom. The summed E-state index contributed by atoms with van der Waals surface area (Å²) in [6.45, 7) is 0.816. The van der Waals surface area contributed by atoms with E-state index in [2.05, 4.69) is 5.32 Å². The van der Waals surface area contributed by atoms with Crippen molar-refractivity contribution in [2.45, 2.75) is 18.5 Å². The van der Waals surface area contributed by atoms with Crippen LogP contribution in [-0.4, -0.2) is 22.5 Å². The molecule has 3 aromatic carbocycles. The average Bonchev–Trinajstić information content (AvgIpc) is 3.14. The molecule has 8 heteroatoms. The Hall–Kier alpha value is -2.18. The molecule has 0 saturated carbocycles. The van der Waals surface area contributed by atoms with Crippen LogP contribution in [0.3, 0.4) is 0 Å². The standard InChI is InChI=1S/C24H19Cl3N2O2S/c25-19-8-1-15(2-9-19)13-29-22(30)14-32-24(29)17-5-3-16(4-6-17)23(31)28-12-18-7-10-20(26)11-21(18)27/h1-11,24H,12-14H2,(H,28,31)/t24-/m0/s1. The van der Waals surface area contributed by atoms with E-state index in [1.54, 1.807) is 42.1 Å². The van der Waals surface area contributed by atoms with Crippen LogP contribution in [0.5, 0.6) is 0 Å². The van der Waals surface area contributed by atoms with Crippen molar-refractivity contribution >= 4 is 58.4 Å².